The molecule has 2 heterocycles. The first-order chi connectivity index (χ1) is 17.7. The number of nitrogens with zero attached hydrogens (tertiary/aromatic N) is 6. The Hall–Kier alpha value is -3.98. The second-order valence-corrected chi connectivity index (χ2v) is 8.66. The van der Waals surface area contributed by atoms with E-state index in [0.29, 0.717) is 38.4 Å². The molecule has 1 atom stereocenters. The van der Waals surface area contributed by atoms with Gasteiger partial charge in [0, 0.05) is 31.7 Å². The molecule has 0 bridgehead atoms. The fourth-order valence-electron chi connectivity index (χ4n) is 4.74. The van der Waals surface area contributed by atoms with E-state index in [1.165, 1.54) is 6.07 Å². The van der Waals surface area contributed by atoms with Gasteiger partial charge in [-0.05, 0) is 46.3 Å². The highest BCUT2D eigenvalue weighted by Gasteiger charge is 2.33. The molecule has 0 amide bonds. The molecule has 1 fully saturated rings. The molecule has 0 spiro atoms. The van der Waals surface area contributed by atoms with Gasteiger partial charge in [-0.1, -0.05) is 42.5 Å². The van der Waals surface area contributed by atoms with Crippen LogP contribution in [0.1, 0.15) is 23.0 Å². The van der Waals surface area contributed by atoms with E-state index in [0.717, 1.165) is 28.5 Å². The van der Waals surface area contributed by atoms with Crippen molar-refractivity contribution in [2.75, 3.05) is 45.3 Å². The molecule has 1 aromatic heterocycles. The van der Waals surface area contributed by atoms with Gasteiger partial charge in [0.1, 0.15) is 23.4 Å². The molecule has 9 heteroatoms. The van der Waals surface area contributed by atoms with Gasteiger partial charge in [-0.25, -0.2) is 9.07 Å². The minimum atomic E-state index is -0.225. The third-order valence-corrected chi connectivity index (χ3v) is 6.60. The molecule has 3 aromatic carbocycles. The molecular weight excluding hydrogens is 459 g/mol. The number of aromatic nitrogens is 4. The minimum absolute atomic E-state index is 0.198. The lowest BCUT2D eigenvalue weighted by molar-refractivity contribution is 0.197. The number of methoxy groups -OCH3 is 2. The van der Waals surface area contributed by atoms with Crippen LogP contribution in [0.3, 0.4) is 0 Å². The van der Waals surface area contributed by atoms with Crippen LogP contribution in [0.15, 0.2) is 72.8 Å². The Morgan fingerprint density at radius 3 is 2.31 bits per heavy atom. The lowest BCUT2D eigenvalue weighted by atomic mass is 10.0. The van der Waals surface area contributed by atoms with Crippen molar-refractivity contribution in [1.29, 1.82) is 0 Å². The van der Waals surface area contributed by atoms with Crippen molar-refractivity contribution in [1.82, 2.24) is 25.1 Å². The number of benzene rings is 3. The molecule has 0 aliphatic carbocycles. The van der Waals surface area contributed by atoms with Gasteiger partial charge in [-0.2, -0.15) is 0 Å². The van der Waals surface area contributed by atoms with E-state index in [2.05, 4.69) is 31.4 Å². The molecule has 36 heavy (non-hydrogen) atoms. The van der Waals surface area contributed by atoms with Gasteiger partial charge in [-0.15, -0.1) is 5.10 Å². The monoisotopic (exact) mass is 488 g/mol. The maximum atomic E-state index is 14.4. The number of hydrogen-bond donors (Lipinski definition) is 0. The molecule has 0 saturated carbocycles. The first kappa shape index (κ1) is 23.7. The molecule has 1 saturated heterocycles. The molecule has 4 aromatic rings. The number of piperazine rings is 1. The summed E-state index contributed by atoms with van der Waals surface area (Å²) < 4.78 is 27.3. The zero-order chi connectivity index (χ0) is 24.9. The van der Waals surface area contributed by atoms with Crippen LogP contribution in [-0.2, 0) is 6.54 Å². The van der Waals surface area contributed by atoms with Crippen LogP contribution in [0, 0.1) is 5.82 Å². The Balaban J connectivity index is 1.45. The van der Waals surface area contributed by atoms with E-state index in [4.69, 9.17) is 9.47 Å². The summed E-state index contributed by atoms with van der Waals surface area (Å²) in [6.07, 6.45) is 0. The van der Waals surface area contributed by atoms with Crippen LogP contribution in [0.4, 0.5) is 10.1 Å². The third kappa shape index (κ3) is 4.87. The van der Waals surface area contributed by atoms with Crippen LogP contribution in [0.25, 0.3) is 0 Å². The number of halogens is 1. The first-order valence-electron chi connectivity index (χ1n) is 11.9. The SMILES string of the molecule is COc1ccc(Cn2nnnc2[C@@H](c2ccccc2OC)N2CCN(c3ccccc3F)CC2)cc1. The summed E-state index contributed by atoms with van der Waals surface area (Å²) in [4.78, 5) is 4.43. The average molecular weight is 489 g/mol. The second kappa shape index (κ2) is 10.7. The van der Waals surface area contributed by atoms with Crippen LogP contribution in [-0.4, -0.2) is 65.5 Å². The molecule has 0 N–H and O–H groups in total. The number of para-hydroxylation sites is 2. The van der Waals surface area contributed by atoms with Gasteiger partial charge < -0.3 is 14.4 Å². The predicted molar refractivity (Wildman–Crippen MR) is 135 cm³/mol. The Morgan fingerprint density at radius 2 is 1.58 bits per heavy atom. The molecule has 1 aliphatic rings. The topological polar surface area (TPSA) is 68.5 Å². The number of ether oxygens (including phenoxy) is 2. The van der Waals surface area contributed by atoms with E-state index >= 15 is 0 Å². The van der Waals surface area contributed by atoms with Gasteiger partial charge in [0.15, 0.2) is 5.82 Å². The van der Waals surface area contributed by atoms with E-state index < -0.39 is 0 Å². The standard InChI is InChI=1S/C27H29FN6O2/c1-35-21-13-11-20(12-14-21)19-34-27(29-30-31-34)26(22-7-3-6-10-25(22)36-2)33-17-15-32(16-18-33)24-9-5-4-8-23(24)28/h3-14,26H,15-19H2,1-2H3/t26-/m1/s1. The summed E-state index contributed by atoms with van der Waals surface area (Å²) in [6.45, 7) is 3.32. The van der Waals surface area contributed by atoms with Gasteiger partial charge in [-0.3, -0.25) is 4.90 Å². The van der Waals surface area contributed by atoms with Crippen molar-refractivity contribution in [3.63, 3.8) is 0 Å². The van der Waals surface area contributed by atoms with Crippen molar-refractivity contribution in [3.8, 4) is 11.5 Å². The summed E-state index contributed by atoms with van der Waals surface area (Å²) in [7, 11) is 3.32. The molecule has 0 radical (unpaired) electrons. The molecule has 1 aliphatic heterocycles. The third-order valence-electron chi connectivity index (χ3n) is 6.60. The molecule has 186 valence electrons. The zero-order valence-electron chi connectivity index (χ0n) is 20.4. The van der Waals surface area contributed by atoms with E-state index in [-0.39, 0.29) is 11.9 Å². The van der Waals surface area contributed by atoms with Crippen LogP contribution in [0.2, 0.25) is 0 Å². The van der Waals surface area contributed by atoms with Crippen LogP contribution >= 0.6 is 0 Å². The van der Waals surface area contributed by atoms with Gasteiger partial charge >= 0.3 is 0 Å². The Kier molecular flexibility index (Phi) is 7.08. The molecular formula is C27H29FN6O2. The van der Waals surface area contributed by atoms with Crippen molar-refractivity contribution >= 4 is 5.69 Å². The fourth-order valence-corrected chi connectivity index (χ4v) is 4.74. The largest absolute Gasteiger partial charge is 0.497 e. The highest BCUT2D eigenvalue weighted by atomic mass is 19.1. The first-order valence-corrected chi connectivity index (χ1v) is 11.9. The van der Waals surface area contributed by atoms with Crippen LogP contribution < -0.4 is 14.4 Å². The lowest BCUT2D eigenvalue weighted by Crippen LogP contribution is -2.48. The number of tetrazole rings is 1. The maximum absolute atomic E-state index is 14.4. The fraction of sp³-hybridized carbons (Fsp3) is 0.296. The number of rotatable bonds is 8. The van der Waals surface area contributed by atoms with Crippen molar-refractivity contribution in [2.45, 2.75) is 12.6 Å². The van der Waals surface area contributed by atoms with E-state index in [9.17, 15) is 4.39 Å². The van der Waals surface area contributed by atoms with E-state index in [1.807, 2.05) is 59.3 Å². The van der Waals surface area contributed by atoms with E-state index in [1.54, 1.807) is 20.3 Å². The van der Waals surface area contributed by atoms with Crippen molar-refractivity contribution in [2.24, 2.45) is 0 Å². The minimum Gasteiger partial charge on any atom is -0.497 e. The Morgan fingerprint density at radius 1 is 0.861 bits per heavy atom. The zero-order valence-corrected chi connectivity index (χ0v) is 20.4. The highest BCUT2D eigenvalue weighted by Crippen LogP contribution is 2.35. The van der Waals surface area contributed by atoms with Crippen molar-refractivity contribution in [3.05, 3.63) is 95.6 Å². The summed E-state index contributed by atoms with van der Waals surface area (Å²) in [5, 5.41) is 12.8. The number of anilines is 1. The average Bonchev–Trinajstić information content (AvgIpc) is 3.38. The van der Waals surface area contributed by atoms with Crippen LogP contribution in [0.5, 0.6) is 11.5 Å². The van der Waals surface area contributed by atoms with Crippen molar-refractivity contribution < 1.29 is 13.9 Å². The summed E-state index contributed by atoms with van der Waals surface area (Å²) >= 11 is 0. The maximum Gasteiger partial charge on any atom is 0.173 e. The summed E-state index contributed by atoms with van der Waals surface area (Å²) in [5.41, 5.74) is 2.69. The molecule has 8 nitrogen and oxygen atoms in total. The molecule has 0 unspecified atom stereocenters. The highest BCUT2D eigenvalue weighted by molar-refractivity contribution is 5.48. The second-order valence-electron chi connectivity index (χ2n) is 8.66. The number of hydrogen-bond acceptors (Lipinski definition) is 7. The Labute approximate surface area is 209 Å². The lowest BCUT2D eigenvalue weighted by Gasteiger charge is -2.40. The molecule has 5 rings (SSSR count). The smallest absolute Gasteiger partial charge is 0.173 e. The quantitative estimate of drug-likeness (QED) is 0.374. The Bertz CT molecular complexity index is 1290. The predicted octanol–water partition coefficient (Wildman–Crippen LogP) is 3.79. The normalized spacial score (nSPS) is 15.0. The summed E-state index contributed by atoms with van der Waals surface area (Å²) in [6, 6.07) is 22.5. The van der Waals surface area contributed by atoms with Gasteiger partial charge in [0.05, 0.1) is 26.5 Å². The van der Waals surface area contributed by atoms with Gasteiger partial charge in [0.25, 0.3) is 0 Å². The summed E-state index contributed by atoms with van der Waals surface area (Å²) in [5.74, 6) is 2.11. The van der Waals surface area contributed by atoms with Gasteiger partial charge in [0.2, 0.25) is 0 Å².